The van der Waals surface area contributed by atoms with Crippen LogP contribution in [0.3, 0.4) is 0 Å². The van der Waals surface area contributed by atoms with Crippen LogP contribution in [0.4, 0.5) is 5.82 Å². The van der Waals surface area contributed by atoms with Crippen LogP contribution in [0.2, 0.25) is 0 Å². The van der Waals surface area contributed by atoms with Crippen LogP contribution >= 0.6 is 11.3 Å². The van der Waals surface area contributed by atoms with E-state index < -0.39 is 0 Å². The number of rotatable bonds is 7. The number of hydrogen-bond acceptors (Lipinski definition) is 7. The zero-order valence-electron chi connectivity index (χ0n) is 14.9. The van der Waals surface area contributed by atoms with E-state index in [0.29, 0.717) is 5.92 Å². The van der Waals surface area contributed by atoms with Gasteiger partial charge in [0.25, 0.3) is 0 Å². The van der Waals surface area contributed by atoms with Crippen LogP contribution in [0.25, 0.3) is 10.2 Å². The summed E-state index contributed by atoms with van der Waals surface area (Å²) in [4.78, 5) is 15.7. The molecule has 1 fully saturated rings. The summed E-state index contributed by atoms with van der Waals surface area (Å²) in [6.07, 6.45) is 2.68. The Hall–Kier alpha value is -2.09. The van der Waals surface area contributed by atoms with Crippen LogP contribution in [-0.2, 0) is 11.3 Å². The van der Waals surface area contributed by atoms with Crippen molar-refractivity contribution in [3.63, 3.8) is 0 Å². The second-order valence-corrected chi connectivity index (χ2v) is 7.74. The molecule has 26 heavy (non-hydrogen) atoms. The summed E-state index contributed by atoms with van der Waals surface area (Å²) >= 11 is 1.77. The van der Waals surface area contributed by atoms with Crippen molar-refractivity contribution < 1.29 is 4.74 Å². The molecule has 7 heteroatoms. The molecule has 1 saturated heterocycles. The molecule has 4 rings (SSSR count). The Kier molecular flexibility index (Phi) is 5.38. The van der Waals surface area contributed by atoms with Crippen LogP contribution in [0.1, 0.15) is 23.0 Å². The minimum atomic E-state index is 0.403. The molecule has 6 nitrogen and oxygen atoms in total. The van der Waals surface area contributed by atoms with Gasteiger partial charge in [0, 0.05) is 31.7 Å². The van der Waals surface area contributed by atoms with E-state index >= 15 is 0 Å². The molecule has 136 valence electrons. The largest absolute Gasteiger partial charge is 0.381 e. The number of benzene rings is 1. The van der Waals surface area contributed by atoms with Crippen molar-refractivity contribution in [2.75, 3.05) is 38.7 Å². The molecule has 2 aromatic heterocycles. The van der Waals surface area contributed by atoms with Crippen LogP contribution in [-0.4, -0.2) is 53.2 Å². The first-order chi connectivity index (χ1) is 12.8. The fraction of sp³-hybridized carbons (Fsp3) is 0.421. The van der Waals surface area contributed by atoms with E-state index in [0.717, 1.165) is 61.3 Å². The van der Waals surface area contributed by atoms with Gasteiger partial charge in [-0.2, -0.15) is 0 Å². The molecule has 1 atom stereocenters. The van der Waals surface area contributed by atoms with Crippen molar-refractivity contribution in [1.82, 2.24) is 19.9 Å². The van der Waals surface area contributed by atoms with Gasteiger partial charge in [-0.25, -0.2) is 15.0 Å². The number of nitrogens with one attached hydrogen (secondary N) is 1. The maximum absolute atomic E-state index is 5.45. The number of para-hydroxylation sites is 1. The molecule has 1 aliphatic rings. The van der Waals surface area contributed by atoms with E-state index in [1.807, 2.05) is 12.1 Å². The number of nitrogens with zero attached hydrogens (tertiary/aromatic N) is 4. The third-order valence-electron chi connectivity index (χ3n) is 4.58. The fourth-order valence-corrected chi connectivity index (χ4v) is 4.18. The molecule has 0 saturated carbocycles. The highest BCUT2D eigenvalue weighted by Gasteiger charge is 2.19. The summed E-state index contributed by atoms with van der Waals surface area (Å²) < 4.78 is 6.70. The zero-order chi connectivity index (χ0) is 17.8. The SMILES string of the molecule is CN(CCNc1cc([C@@H]2CCOC2)ncn1)Cc1nc2ccccc2s1. The summed E-state index contributed by atoms with van der Waals surface area (Å²) in [6, 6.07) is 10.3. The molecule has 0 unspecified atom stereocenters. The molecule has 1 aliphatic heterocycles. The second-order valence-electron chi connectivity index (χ2n) is 6.63. The van der Waals surface area contributed by atoms with Gasteiger partial charge < -0.3 is 10.1 Å². The lowest BCUT2D eigenvalue weighted by atomic mass is 10.1. The minimum Gasteiger partial charge on any atom is -0.381 e. The quantitative estimate of drug-likeness (QED) is 0.690. The van der Waals surface area contributed by atoms with Gasteiger partial charge >= 0.3 is 0 Å². The van der Waals surface area contributed by atoms with Gasteiger partial charge in [-0.1, -0.05) is 12.1 Å². The first kappa shape index (κ1) is 17.3. The molecule has 3 aromatic rings. The molecule has 1 aromatic carbocycles. The lowest BCUT2D eigenvalue weighted by Crippen LogP contribution is -2.25. The maximum atomic E-state index is 5.45. The summed E-state index contributed by atoms with van der Waals surface area (Å²) in [5, 5.41) is 4.55. The van der Waals surface area contributed by atoms with Crippen LogP contribution in [0.5, 0.6) is 0 Å². The lowest BCUT2D eigenvalue weighted by Gasteiger charge is -2.16. The normalized spacial score (nSPS) is 17.2. The Balaban J connectivity index is 1.28. The van der Waals surface area contributed by atoms with E-state index in [1.165, 1.54) is 4.70 Å². The number of aromatic nitrogens is 3. The van der Waals surface area contributed by atoms with Gasteiger partial charge in [0.2, 0.25) is 0 Å². The predicted molar refractivity (Wildman–Crippen MR) is 105 cm³/mol. The number of thiazole rings is 1. The average Bonchev–Trinajstić information content (AvgIpc) is 3.31. The third-order valence-corrected chi connectivity index (χ3v) is 5.60. The van der Waals surface area contributed by atoms with Crippen molar-refractivity contribution in [2.45, 2.75) is 18.9 Å². The standard InChI is InChI=1S/C19H23N5OS/c1-24(11-19-23-15-4-2-3-5-17(15)26-19)8-7-20-18-10-16(21-13-22-18)14-6-9-25-12-14/h2-5,10,13-14H,6-9,11-12H2,1H3,(H,20,21,22)/t14-/m1/s1. The molecular formula is C19H23N5OS. The zero-order valence-corrected chi connectivity index (χ0v) is 15.7. The third kappa shape index (κ3) is 4.17. The van der Waals surface area contributed by atoms with E-state index in [4.69, 9.17) is 9.72 Å². The number of fused-ring (bicyclic) bond motifs is 1. The van der Waals surface area contributed by atoms with E-state index in [1.54, 1.807) is 17.7 Å². The highest BCUT2D eigenvalue weighted by molar-refractivity contribution is 7.18. The average molecular weight is 369 g/mol. The lowest BCUT2D eigenvalue weighted by molar-refractivity contribution is 0.193. The molecule has 0 spiro atoms. The topological polar surface area (TPSA) is 63.2 Å². The first-order valence-corrected chi connectivity index (χ1v) is 9.76. The molecule has 3 heterocycles. The second kappa shape index (κ2) is 8.07. The Morgan fingerprint density at radius 3 is 3.08 bits per heavy atom. The van der Waals surface area contributed by atoms with Crippen molar-refractivity contribution >= 4 is 27.4 Å². The van der Waals surface area contributed by atoms with Gasteiger partial charge in [-0.3, -0.25) is 4.90 Å². The maximum Gasteiger partial charge on any atom is 0.129 e. The van der Waals surface area contributed by atoms with Crippen LogP contribution in [0.15, 0.2) is 36.7 Å². The summed E-state index contributed by atoms with van der Waals surface area (Å²) in [6.45, 7) is 4.20. The number of hydrogen-bond donors (Lipinski definition) is 1. The summed E-state index contributed by atoms with van der Waals surface area (Å²) in [5.41, 5.74) is 2.16. The van der Waals surface area contributed by atoms with Crippen molar-refractivity contribution in [2.24, 2.45) is 0 Å². The molecular weight excluding hydrogens is 346 g/mol. The number of anilines is 1. The molecule has 0 amide bonds. The highest BCUT2D eigenvalue weighted by Crippen LogP contribution is 2.24. The van der Waals surface area contributed by atoms with Crippen LogP contribution in [0, 0.1) is 0 Å². The molecule has 0 aliphatic carbocycles. The molecule has 0 bridgehead atoms. The summed E-state index contributed by atoms with van der Waals surface area (Å²) in [5.74, 6) is 1.29. The van der Waals surface area contributed by atoms with Gasteiger partial charge in [-0.05, 0) is 25.6 Å². The predicted octanol–water partition coefficient (Wildman–Crippen LogP) is 3.13. The number of likely N-dealkylation sites (N-methyl/N-ethyl adjacent to an activating group) is 1. The Morgan fingerprint density at radius 1 is 1.31 bits per heavy atom. The van der Waals surface area contributed by atoms with Gasteiger partial charge in [0.05, 0.1) is 29.1 Å². The smallest absolute Gasteiger partial charge is 0.129 e. The summed E-state index contributed by atoms with van der Waals surface area (Å²) in [7, 11) is 2.12. The van der Waals surface area contributed by atoms with E-state index in [9.17, 15) is 0 Å². The Bertz CT molecular complexity index is 829. The minimum absolute atomic E-state index is 0.403. The van der Waals surface area contributed by atoms with Crippen molar-refractivity contribution in [3.05, 3.63) is 47.4 Å². The van der Waals surface area contributed by atoms with Gasteiger partial charge in [0.1, 0.15) is 17.2 Å². The Morgan fingerprint density at radius 2 is 2.23 bits per heavy atom. The monoisotopic (exact) mass is 369 g/mol. The van der Waals surface area contributed by atoms with Crippen LogP contribution < -0.4 is 5.32 Å². The Labute approximate surface area is 157 Å². The van der Waals surface area contributed by atoms with Crippen molar-refractivity contribution in [1.29, 1.82) is 0 Å². The van der Waals surface area contributed by atoms with Gasteiger partial charge in [0.15, 0.2) is 0 Å². The highest BCUT2D eigenvalue weighted by atomic mass is 32.1. The molecule has 0 radical (unpaired) electrons. The first-order valence-electron chi connectivity index (χ1n) is 8.94. The van der Waals surface area contributed by atoms with Gasteiger partial charge in [-0.15, -0.1) is 11.3 Å². The molecule has 1 N–H and O–H groups in total. The number of ether oxygens (including phenoxy) is 1. The van der Waals surface area contributed by atoms with E-state index in [2.05, 4.69) is 45.4 Å². The van der Waals surface area contributed by atoms with Crippen molar-refractivity contribution in [3.8, 4) is 0 Å². The fourth-order valence-electron chi connectivity index (χ4n) is 3.13. The van der Waals surface area contributed by atoms with E-state index in [-0.39, 0.29) is 0 Å².